The van der Waals surface area contributed by atoms with Gasteiger partial charge in [-0.2, -0.15) is 0 Å². The summed E-state index contributed by atoms with van der Waals surface area (Å²) in [5, 5.41) is 19.6. The molecule has 5 aliphatic rings. The van der Waals surface area contributed by atoms with Gasteiger partial charge >= 0.3 is 0 Å². The molecular weight excluding hydrogens is 841 g/mol. The third-order valence-electron chi connectivity index (χ3n) is 14.0. The van der Waals surface area contributed by atoms with Crippen LogP contribution < -0.4 is 43.5 Å². The second kappa shape index (κ2) is 21.7. The SMILES string of the molecule is CC(C)C[C@@H]1CN[C@@H](CC(=O)N(N)CC23CC4CC(CC(C4)C2)C3)C(=O)N[C@H](CCC(N)=O)C(=O)N[C@@H](Cc2c[nH]c3ccccc23)C(=O)N[C@H](Cc2ccccc2)C(=O)NCCC(=O)N1. The summed E-state index contributed by atoms with van der Waals surface area (Å²) in [4.78, 5) is 100. The Kier molecular flexibility index (Phi) is 15.8. The molecule has 11 N–H and O–H groups in total. The van der Waals surface area contributed by atoms with Crippen molar-refractivity contribution in [3.05, 3.63) is 71.9 Å². The Labute approximate surface area is 386 Å². The maximum Gasteiger partial charge on any atom is 0.243 e. The minimum absolute atomic E-state index is 0.0100. The minimum atomic E-state index is -1.37. The van der Waals surface area contributed by atoms with E-state index in [4.69, 9.17) is 11.6 Å². The molecule has 7 amide bonds. The smallest absolute Gasteiger partial charge is 0.243 e. The van der Waals surface area contributed by atoms with Gasteiger partial charge < -0.3 is 42.6 Å². The van der Waals surface area contributed by atoms with Crippen molar-refractivity contribution in [2.24, 2.45) is 40.7 Å². The normalized spacial score (nSPS) is 28.9. The number of fused-ring (bicyclic) bond motifs is 1. The van der Waals surface area contributed by atoms with Gasteiger partial charge in [-0.05, 0) is 97.6 Å². The molecule has 17 nitrogen and oxygen atoms in total. The molecule has 1 aromatic heterocycles. The maximum absolute atomic E-state index is 14.5. The molecule has 0 spiro atoms. The number of primary amides is 1. The molecule has 3 aromatic rings. The number of H-pyrrole nitrogens is 1. The molecule has 66 heavy (non-hydrogen) atoms. The zero-order valence-electron chi connectivity index (χ0n) is 38.2. The fourth-order valence-corrected chi connectivity index (χ4v) is 11.4. The van der Waals surface area contributed by atoms with Crippen LogP contribution in [0.15, 0.2) is 60.8 Å². The second-order valence-corrected chi connectivity index (χ2v) is 20.0. The largest absolute Gasteiger partial charge is 0.370 e. The van der Waals surface area contributed by atoms with E-state index in [-0.39, 0.29) is 68.9 Å². The quantitative estimate of drug-likeness (QED) is 0.0689. The van der Waals surface area contributed by atoms with Gasteiger partial charge in [0, 0.05) is 68.5 Å². The Hall–Kier alpha value is -5.81. The van der Waals surface area contributed by atoms with Crippen molar-refractivity contribution < 1.29 is 33.6 Å². The lowest BCUT2D eigenvalue weighted by molar-refractivity contribution is -0.140. The highest BCUT2D eigenvalue weighted by Crippen LogP contribution is 2.60. The summed E-state index contributed by atoms with van der Waals surface area (Å²) in [6, 6.07) is 11.2. The summed E-state index contributed by atoms with van der Waals surface area (Å²) in [6.07, 6.45) is 8.27. The Balaban J connectivity index is 1.17. The molecule has 4 saturated carbocycles. The maximum atomic E-state index is 14.5. The highest BCUT2D eigenvalue weighted by atomic mass is 16.2. The molecule has 1 aliphatic heterocycles. The van der Waals surface area contributed by atoms with Gasteiger partial charge in [0.1, 0.15) is 18.1 Å². The predicted octanol–water partition coefficient (Wildman–Crippen LogP) is 1.99. The number of hydrogen-bond donors (Lipinski definition) is 9. The van der Waals surface area contributed by atoms with Crippen LogP contribution in [-0.2, 0) is 46.4 Å². The molecule has 0 radical (unpaired) electrons. The van der Waals surface area contributed by atoms with E-state index in [0.29, 0.717) is 36.3 Å². The Morgan fingerprint density at radius 1 is 0.758 bits per heavy atom. The van der Waals surface area contributed by atoms with Crippen LogP contribution in [0.3, 0.4) is 0 Å². The van der Waals surface area contributed by atoms with Gasteiger partial charge in [0.25, 0.3) is 0 Å². The zero-order chi connectivity index (χ0) is 47.0. The van der Waals surface area contributed by atoms with Gasteiger partial charge in [-0.1, -0.05) is 62.4 Å². The predicted molar refractivity (Wildman–Crippen MR) is 248 cm³/mol. The number of aromatic amines is 1. The average Bonchev–Trinajstić information content (AvgIpc) is 3.67. The van der Waals surface area contributed by atoms with E-state index < -0.39 is 65.7 Å². The first kappa shape index (κ1) is 48.1. The second-order valence-electron chi connectivity index (χ2n) is 20.0. The summed E-state index contributed by atoms with van der Waals surface area (Å²) in [6.45, 7) is 4.45. The van der Waals surface area contributed by atoms with Gasteiger partial charge in [-0.15, -0.1) is 0 Å². The summed E-state index contributed by atoms with van der Waals surface area (Å²) in [7, 11) is 0. The Morgan fingerprint density at radius 3 is 2.03 bits per heavy atom. The lowest BCUT2D eigenvalue weighted by Crippen LogP contribution is -2.59. The van der Waals surface area contributed by atoms with Crippen LogP contribution in [0.1, 0.15) is 95.6 Å². The van der Waals surface area contributed by atoms with Crippen molar-refractivity contribution in [1.29, 1.82) is 0 Å². The first-order valence-corrected chi connectivity index (χ1v) is 23.8. The minimum Gasteiger partial charge on any atom is -0.370 e. The fourth-order valence-electron chi connectivity index (χ4n) is 11.4. The molecule has 5 fully saturated rings. The highest BCUT2D eigenvalue weighted by Gasteiger charge is 2.51. The van der Waals surface area contributed by atoms with Crippen LogP contribution >= 0.6 is 0 Å². The van der Waals surface area contributed by atoms with Crippen molar-refractivity contribution in [3.63, 3.8) is 0 Å². The number of carbonyl (C=O) groups excluding carboxylic acids is 7. The van der Waals surface area contributed by atoms with Crippen molar-refractivity contribution in [1.82, 2.24) is 41.9 Å². The topological polar surface area (TPSA) is 263 Å². The highest BCUT2D eigenvalue weighted by molar-refractivity contribution is 5.96. The molecule has 5 atom stereocenters. The number of rotatable bonds is 13. The van der Waals surface area contributed by atoms with Crippen molar-refractivity contribution in [3.8, 4) is 0 Å². The van der Waals surface area contributed by atoms with Gasteiger partial charge in [-0.3, -0.25) is 38.6 Å². The monoisotopic (exact) mass is 909 g/mol. The molecule has 8 rings (SSSR count). The van der Waals surface area contributed by atoms with E-state index >= 15 is 0 Å². The molecule has 356 valence electrons. The van der Waals surface area contributed by atoms with E-state index in [1.54, 1.807) is 6.20 Å². The van der Waals surface area contributed by atoms with E-state index in [2.05, 4.69) is 36.9 Å². The molecule has 1 saturated heterocycles. The molecule has 2 aromatic carbocycles. The lowest BCUT2D eigenvalue weighted by atomic mass is 9.49. The number of hydrazine groups is 1. The Bertz CT molecular complexity index is 2190. The number of nitrogens with two attached hydrogens (primary N) is 2. The van der Waals surface area contributed by atoms with Gasteiger partial charge in [0.2, 0.25) is 41.4 Å². The van der Waals surface area contributed by atoms with Crippen molar-refractivity contribution in [2.45, 2.75) is 128 Å². The number of nitrogens with zero attached hydrogens (tertiary/aromatic N) is 1. The average molecular weight is 909 g/mol. The molecule has 0 unspecified atom stereocenters. The number of carbonyl (C=O) groups is 7. The number of hydrogen-bond acceptors (Lipinski definition) is 9. The third kappa shape index (κ3) is 12.7. The molecule has 4 aliphatic carbocycles. The fraction of sp³-hybridized carbons (Fsp3) is 0.571. The summed E-state index contributed by atoms with van der Waals surface area (Å²) in [5.74, 6) is 4.48. The van der Waals surface area contributed by atoms with Crippen molar-refractivity contribution in [2.75, 3.05) is 19.6 Å². The lowest BCUT2D eigenvalue weighted by Gasteiger charge is -2.57. The molecular formula is C49H68N10O7. The van der Waals surface area contributed by atoms with E-state index in [9.17, 15) is 33.6 Å². The van der Waals surface area contributed by atoms with Crippen LogP contribution in [0.25, 0.3) is 10.9 Å². The number of benzene rings is 2. The van der Waals surface area contributed by atoms with Gasteiger partial charge in [-0.25, -0.2) is 5.84 Å². The van der Waals surface area contributed by atoms with Crippen LogP contribution in [0.2, 0.25) is 0 Å². The molecule has 17 heteroatoms. The zero-order valence-corrected chi connectivity index (χ0v) is 38.2. The van der Waals surface area contributed by atoms with Crippen LogP contribution in [0.4, 0.5) is 0 Å². The van der Waals surface area contributed by atoms with Crippen LogP contribution in [0, 0.1) is 29.1 Å². The van der Waals surface area contributed by atoms with Gasteiger partial charge in [0.05, 0.1) is 12.5 Å². The third-order valence-corrected chi connectivity index (χ3v) is 14.0. The molecule has 4 bridgehead atoms. The van der Waals surface area contributed by atoms with Gasteiger partial charge in [0.15, 0.2) is 0 Å². The Morgan fingerprint density at radius 2 is 1.36 bits per heavy atom. The standard InChI is InChI=1S/C49H68N10O7/c1-29(2)16-35-27-54-39(22-44(62)59(51)28-49-23-31-17-32(24-49)19-33(18-31)25-49)47(65)56-38(12-13-42(50)60)46(64)58-41(21-34-26-53-37-11-7-6-10-36(34)37)48(66)57-40(20-30-8-4-3-5-9-30)45(63)52-15-14-43(61)55-35/h3-11,26,29,31-33,35,38-41,53-54H,12-25,27-28,51H2,1-2H3,(H2,50,60)(H,52,63)(H,55,61)(H,56,65)(H,57,66)(H,58,64)/t31?,32?,33?,35-,38-,39+,40-,41+,49?/m1/s1. The van der Waals surface area contributed by atoms with Crippen molar-refractivity contribution >= 4 is 52.3 Å². The number of amides is 7. The van der Waals surface area contributed by atoms with Crippen LogP contribution in [-0.4, -0.2) is 101 Å². The summed E-state index contributed by atoms with van der Waals surface area (Å²) < 4.78 is 0. The van der Waals surface area contributed by atoms with E-state index in [0.717, 1.165) is 35.7 Å². The first-order valence-electron chi connectivity index (χ1n) is 23.8. The first-order chi connectivity index (χ1) is 31.6. The summed E-state index contributed by atoms with van der Waals surface area (Å²) in [5.41, 5.74) is 7.80. The number of aromatic nitrogens is 1. The number of nitrogens with one attached hydrogen (secondary N) is 7. The van der Waals surface area contributed by atoms with E-state index in [1.807, 2.05) is 68.4 Å². The summed E-state index contributed by atoms with van der Waals surface area (Å²) >= 11 is 0. The van der Waals surface area contributed by atoms with E-state index in [1.165, 1.54) is 24.3 Å². The molecule has 2 heterocycles. The van der Waals surface area contributed by atoms with Crippen LogP contribution in [0.5, 0.6) is 0 Å². The number of para-hydroxylation sites is 1.